The number of hydrogen-bond donors (Lipinski definition) is 3. The van der Waals surface area contributed by atoms with Crippen LogP contribution in [0.2, 0.25) is 0 Å². The summed E-state index contributed by atoms with van der Waals surface area (Å²) in [5.74, 6) is 0.980. The molecule has 0 heterocycles. The Hall–Kier alpha value is -2.53. The van der Waals surface area contributed by atoms with Crippen LogP contribution in [0.15, 0.2) is 53.5 Å². The molecule has 0 aliphatic rings. The molecule has 0 spiro atoms. The predicted octanol–water partition coefficient (Wildman–Crippen LogP) is 2.72. The zero-order chi connectivity index (χ0) is 16.7. The van der Waals surface area contributed by atoms with Gasteiger partial charge in [0.05, 0.1) is 19.8 Å². The molecular formula is C18H23N3O2. The van der Waals surface area contributed by atoms with Gasteiger partial charge in [-0.05, 0) is 41.8 Å². The first kappa shape index (κ1) is 16.8. The molecule has 1 unspecified atom stereocenters. The summed E-state index contributed by atoms with van der Waals surface area (Å²) in [6.07, 6.45) is 0.230. The molecule has 4 N–H and O–H groups in total. The lowest BCUT2D eigenvalue weighted by Gasteiger charge is -2.11. The number of rotatable bonds is 6. The molecule has 0 bridgehead atoms. The number of aliphatic hydroxyl groups excluding tert-OH is 1. The molecule has 23 heavy (non-hydrogen) atoms. The van der Waals surface area contributed by atoms with E-state index >= 15 is 0 Å². The third kappa shape index (κ3) is 5.00. The van der Waals surface area contributed by atoms with E-state index in [1.165, 1.54) is 5.56 Å². The highest BCUT2D eigenvalue weighted by Crippen LogP contribution is 2.19. The Morgan fingerprint density at radius 2 is 2.04 bits per heavy atom. The van der Waals surface area contributed by atoms with Gasteiger partial charge in [0, 0.05) is 5.69 Å². The van der Waals surface area contributed by atoms with Crippen LogP contribution >= 0.6 is 0 Å². The molecule has 5 heteroatoms. The first-order chi connectivity index (χ1) is 11.1. The number of hydrogen-bond acceptors (Lipinski definition) is 3. The summed E-state index contributed by atoms with van der Waals surface area (Å²) < 4.78 is 5.15. The lowest BCUT2D eigenvalue weighted by atomic mass is 10.1. The fourth-order valence-electron chi connectivity index (χ4n) is 2.20. The first-order valence-corrected chi connectivity index (χ1v) is 7.60. The maximum atomic E-state index is 10.2. The number of anilines is 1. The van der Waals surface area contributed by atoms with Crippen molar-refractivity contribution in [3.05, 3.63) is 59.7 Å². The van der Waals surface area contributed by atoms with Crippen LogP contribution in [-0.2, 0) is 6.42 Å². The topological polar surface area (TPSA) is 79.9 Å². The molecule has 0 fully saturated rings. The lowest BCUT2D eigenvalue weighted by Crippen LogP contribution is -2.23. The SMILES string of the molecule is CCc1cccc(NC(N)=NCC(O)c2cccc(OC)c2)c1. The van der Waals surface area contributed by atoms with E-state index in [-0.39, 0.29) is 12.5 Å². The number of benzene rings is 2. The summed E-state index contributed by atoms with van der Waals surface area (Å²) in [5, 5.41) is 13.2. The van der Waals surface area contributed by atoms with Crippen LogP contribution in [0.4, 0.5) is 5.69 Å². The Labute approximate surface area is 136 Å². The Balaban J connectivity index is 1.97. The minimum absolute atomic E-state index is 0.180. The minimum Gasteiger partial charge on any atom is -0.497 e. The molecule has 0 amide bonds. The molecule has 0 saturated heterocycles. The van der Waals surface area contributed by atoms with Gasteiger partial charge in [0.25, 0.3) is 0 Å². The third-order valence-electron chi connectivity index (χ3n) is 3.52. The van der Waals surface area contributed by atoms with Crippen LogP contribution in [0.3, 0.4) is 0 Å². The second-order valence-electron chi connectivity index (χ2n) is 5.20. The molecule has 1 atom stereocenters. The van der Waals surface area contributed by atoms with E-state index in [0.717, 1.165) is 17.7 Å². The maximum absolute atomic E-state index is 10.2. The molecular weight excluding hydrogens is 290 g/mol. The molecule has 0 aromatic heterocycles. The fraction of sp³-hybridized carbons (Fsp3) is 0.278. The van der Waals surface area contributed by atoms with Gasteiger partial charge in [-0.3, -0.25) is 4.99 Å². The molecule has 5 nitrogen and oxygen atoms in total. The molecule has 0 saturated carbocycles. The number of ether oxygens (including phenoxy) is 1. The predicted molar refractivity (Wildman–Crippen MR) is 93.9 cm³/mol. The van der Waals surface area contributed by atoms with Crippen LogP contribution in [0, 0.1) is 0 Å². The molecule has 0 aliphatic carbocycles. The van der Waals surface area contributed by atoms with Crippen molar-refractivity contribution in [1.82, 2.24) is 0 Å². The second kappa shape index (κ2) is 8.19. The van der Waals surface area contributed by atoms with E-state index in [2.05, 4.69) is 23.3 Å². The van der Waals surface area contributed by atoms with E-state index in [1.807, 2.05) is 36.4 Å². The summed E-state index contributed by atoms with van der Waals surface area (Å²) in [6.45, 7) is 2.28. The molecule has 0 radical (unpaired) electrons. The van der Waals surface area contributed by atoms with E-state index in [0.29, 0.717) is 5.75 Å². The van der Waals surface area contributed by atoms with Gasteiger partial charge in [-0.25, -0.2) is 0 Å². The molecule has 2 aromatic rings. The number of aliphatic hydroxyl groups is 1. The summed E-state index contributed by atoms with van der Waals surface area (Å²) in [4.78, 5) is 4.20. The van der Waals surface area contributed by atoms with Crippen molar-refractivity contribution in [3.63, 3.8) is 0 Å². The van der Waals surface area contributed by atoms with Crippen molar-refractivity contribution in [3.8, 4) is 5.75 Å². The van der Waals surface area contributed by atoms with Gasteiger partial charge in [-0.1, -0.05) is 31.2 Å². The van der Waals surface area contributed by atoms with Crippen LogP contribution in [0.1, 0.15) is 24.2 Å². The average molecular weight is 313 g/mol. The van der Waals surface area contributed by atoms with Crippen LogP contribution < -0.4 is 15.8 Å². The largest absolute Gasteiger partial charge is 0.497 e. The van der Waals surface area contributed by atoms with E-state index in [4.69, 9.17) is 10.5 Å². The Morgan fingerprint density at radius 1 is 1.26 bits per heavy atom. The smallest absolute Gasteiger partial charge is 0.193 e. The molecule has 2 aromatic carbocycles. The number of nitrogens with one attached hydrogen (secondary N) is 1. The van der Waals surface area contributed by atoms with Gasteiger partial charge in [0.1, 0.15) is 5.75 Å². The molecule has 122 valence electrons. The minimum atomic E-state index is -0.729. The van der Waals surface area contributed by atoms with Gasteiger partial charge in [0.2, 0.25) is 0 Å². The molecule has 2 rings (SSSR count). The number of aryl methyl sites for hydroxylation is 1. The summed E-state index contributed by atoms with van der Waals surface area (Å²) in [7, 11) is 1.59. The van der Waals surface area contributed by atoms with Gasteiger partial charge < -0.3 is 20.9 Å². The van der Waals surface area contributed by atoms with Crippen LogP contribution in [0.25, 0.3) is 0 Å². The van der Waals surface area contributed by atoms with Gasteiger partial charge in [-0.2, -0.15) is 0 Å². The second-order valence-corrected chi connectivity index (χ2v) is 5.20. The summed E-state index contributed by atoms with van der Waals surface area (Å²) in [5.41, 5.74) is 8.74. The Bertz CT molecular complexity index is 671. The Morgan fingerprint density at radius 3 is 2.78 bits per heavy atom. The highest BCUT2D eigenvalue weighted by Gasteiger charge is 2.08. The third-order valence-corrected chi connectivity index (χ3v) is 3.52. The van der Waals surface area contributed by atoms with Gasteiger partial charge in [-0.15, -0.1) is 0 Å². The van der Waals surface area contributed by atoms with E-state index < -0.39 is 6.10 Å². The van der Waals surface area contributed by atoms with Crippen molar-refractivity contribution in [2.45, 2.75) is 19.4 Å². The van der Waals surface area contributed by atoms with Crippen molar-refractivity contribution in [2.24, 2.45) is 10.7 Å². The molecule has 0 aliphatic heterocycles. The standard InChI is InChI=1S/C18H23N3O2/c1-3-13-6-4-8-15(10-13)21-18(19)20-12-17(22)14-7-5-9-16(11-14)23-2/h4-11,17,22H,3,12H2,1-2H3,(H3,19,20,21). The van der Waals surface area contributed by atoms with E-state index in [1.54, 1.807) is 13.2 Å². The van der Waals surface area contributed by atoms with E-state index in [9.17, 15) is 5.11 Å². The van der Waals surface area contributed by atoms with Crippen molar-refractivity contribution in [1.29, 1.82) is 0 Å². The number of nitrogens with zero attached hydrogens (tertiary/aromatic N) is 1. The monoisotopic (exact) mass is 313 g/mol. The lowest BCUT2D eigenvalue weighted by molar-refractivity contribution is 0.187. The zero-order valence-electron chi connectivity index (χ0n) is 13.5. The normalized spacial score (nSPS) is 12.7. The maximum Gasteiger partial charge on any atom is 0.193 e. The summed E-state index contributed by atoms with van der Waals surface area (Å²) in [6, 6.07) is 15.3. The summed E-state index contributed by atoms with van der Waals surface area (Å²) >= 11 is 0. The zero-order valence-corrected chi connectivity index (χ0v) is 13.5. The van der Waals surface area contributed by atoms with Crippen molar-refractivity contribution in [2.75, 3.05) is 19.0 Å². The van der Waals surface area contributed by atoms with Crippen molar-refractivity contribution >= 4 is 11.6 Å². The highest BCUT2D eigenvalue weighted by atomic mass is 16.5. The van der Waals surface area contributed by atoms with Gasteiger partial charge >= 0.3 is 0 Å². The number of guanidine groups is 1. The van der Waals surface area contributed by atoms with Crippen LogP contribution in [0.5, 0.6) is 5.75 Å². The highest BCUT2D eigenvalue weighted by molar-refractivity contribution is 5.92. The fourth-order valence-corrected chi connectivity index (χ4v) is 2.20. The van der Waals surface area contributed by atoms with Gasteiger partial charge in [0.15, 0.2) is 5.96 Å². The van der Waals surface area contributed by atoms with Crippen molar-refractivity contribution < 1.29 is 9.84 Å². The first-order valence-electron chi connectivity index (χ1n) is 7.60. The average Bonchev–Trinajstić information content (AvgIpc) is 2.59. The number of methoxy groups -OCH3 is 1. The number of nitrogens with two attached hydrogens (primary N) is 1. The quantitative estimate of drug-likeness (QED) is 0.566. The Kier molecular flexibility index (Phi) is 6.00. The van der Waals surface area contributed by atoms with Crippen LogP contribution in [-0.4, -0.2) is 24.7 Å². The number of aliphatic imine (C=N–C) groups is 1.